The summed E-state index contributed by atoms with van der Waals surface area (Å²) in [5, 5.41) is 21.8. The van der Waals surface area contributed by atoms with Gasteiger partial charge in [-0.2, -0.15) is 0 Å². The van der Waals surface area contributed by atoms with E-state index in [4.69, 9.17) is 9.84 Å². The average molecular weight is 293 g/mol. The molecule has 3 N–H and O–H groups in total. The van der Waals surface area contributed by atoms with Gasteiger partial charge in [0.1, 0.15) is 5.75 Å². The number of unbranched alkanes of at least 4 members (excludes halogenated alkanes) is 2. The van der Waals surface area contributed by atoms with Gasteiger partial charge < -0.3 is 20.3 Å². The quantitative estimate of drug-likeness (QED) is 0.579. The molecule has 0 radical (unpaired) electrons. The maximum absolute atomic E-state index is 9.86. The molecule has 0 aliphatic heterocycles. The Hall–Kier alpha value is -1.36. The van der Waals surface area contributed by atoms with E-state index in [1.54, 1.807) is 13.1 Å². The number of aliphatic hydroxyl groups is 2. The van der Waals surface area contributed by atoms with Gasteiger partial charge in [0, 0.05) is 0 Å². The van der Waals surface area contributed by atoms with E-state index in [1.807, 2.05) is 30.3 Å². The maximum Gasteiger partial charge on any atom is 0.119 e. The minimum Gasteiger partial charge on any atom is -0.494 e. The third kappa shape index (κ3) is 6.76. The van der Waals surface area contributed by atoms with Crippen molar-refractivity contribution in [3.63, 3.8) is 0 Å². The van der Waals surface area contributed by atoms with E-state index >= 15 is 0 Å². The molecule has 1 aromatic rings. The third-order valence-electron chi connectivity index (χ3n) is 3.36. The van der Waals surface area contributed by atoms with Crippen LogP contribution >= 0.6 is 0 Å². The molecule has 0 saturated heterocycles. The van der Waals surface area contributed by atoms with Gasteiger partial charge in [0.25, 0.3) is 0 Å². The normalized spacial score (nSPS) is 14.3. The molecule has 2 atom stereocenters. The number of likely N-dealkylation sites (N-methyl/N-ethyl adjacent to an activating group) is 1. The number of aliphatic hydroxyl groups excluding tert-OH is 2. The second-order valence-electron chi connectivity index (χ2n) is 5.05. The molecule has 1 aromatic carbocycles. The van der Waals surface area contributed by atoms with Crippen molar-refractivity contribution in [2.45, 2.75) is 38.3 Å². The van der Waals surface area contributed by atoms with Crippen LogP contribution in [0.4, 0.5) is 0 Å². The van der Waals surface area contributed by atoms with E-state index in [0.717, 1.165) is 24.3 Å². The van der Waals surface area contributed by atoms with Crippen LogP contribution in [0, 0.1) is 0 Å². The summed E-state index contributed by atoms with van der Waals surface area (Å²) in [7, 11) is 1.71. The van der Waals surface area contributed by atoms with E-state index < -0.39 is 6.10 Å². The summed E-state index contributed by atoms with van der Waals surface area (Å²) >= 11 is 0. The fourth-order valence-corrected chi connectivity index (χ4v) is 1.93. The Kier molecular flexibility index (Phi) is 8.74. The minimum atomic E-state index is -0.718. The number of benzene rings is 1. The number of nitrogens with one attached hydrogen (secondary N) is 1. The van der Waals surface area contributed by atoms with Gasteiger partial charge in [-0.1, -0.05) is 44.1 Å². The molecule has 0 saturated carbocycles. The molecule has 0 aliphatic carbocycles. The van der Waals surface area contributed by atoms with Crippen LogP contribution in [0.2, 0.25) is 0 Å². The van der Waals surface area contributed by atoms with Gasteiger partial charge in [0.2, 0.25) is 0 Å². The van der Waals surface area contributed by atoms with Gasteiger partial charge >= 0.3 is 0 Å². The first-order chi connectivity index (χ1) is 10.2. The summed E-state index contributed by atoms with van der Waals surface area (Å²) in [5.74, 6) is 0.868. The molecule has 0 amide bonds. The SMILES string of the molecule is CCCCCOc1ccc(/C=C/[C@H](O)[C@@H](CO)NC)cc1. The van der Waals surface area contributed by atoms with Crippen molar-refractivity contribution in [2.75, 3.05) is 20.3 Å². The lowest BCUT2D eigenvalue weighted by molar-refractivity contribution is 0.128. The van der Waals surface area contributed by atoms with Gasteiger partial charge in [0.05, 0.1) is 25.4 Å². The fraction of sp³-hybridized carbons (Fsp3) is 0.529. The van der Waals surface area contributed by atoms with E-state index in [9.17, 15) is 5.11 Å². The highest BCUT2D eigenvalue weighted by molar-refractivity contribution is 5.51. The molecule has 0 heterocycles. The predicted octanol–water partition coefficient (Wildman–Crippen LogP) is 2.21. The highest BCUT2D eigenvalue weighted by Crippen LogP contribution is 2.14. The predicted molar refractivity (Wildman–Crippen MR) is 86.4 cm³/mol. The molecule has 21 heavy (non-hydrogen) atoms. The van der Waals surface area contributed by atoms with Crippen molar-refractivity contribution < 1.29 is 14.9 Å². The maximum atomic E-state index is 9.86. The van der Waals surface area contributed by atoms with Crippen molar-refractivity contribution in [3.05, 3.63) is 35.9 Å². The Labute approximate surface area is 127 Å². The van der Waals surface area contributed by atoms with Crippen LogP contribution in [0.25, 0.3) is 6.08 Å². The number of hydrogen-bond acceptors (Lipinski definition) is 4. The molecule has 4 heteroatoms. The molecule has 0 spiro atoms. The van der Waals surface area contributed by atoms with Crippen LogP contribution in [-0.4, -0.2) is 42.6 Å². The minimum absolute atomic E-state index is 0.105. The van der Waals surface area contributed by atoms with Gasteiger partial charge in [-0.3, -0.25) is 0 Å². The summed E-state index contributed by atoms with van der Waals surface area (Å²) < 4.78 is 5.65. The Bertz CT molecular complexity index is 399. The van der Waals surface area contributed by atoms with E-state index in [1.165, 1.54) is 12.8 Å². The zero-order valence-corrected chi connectivity index (χ0v) is 13.0. The Morgan fingerprint density at radius 2 is 1.95 bits per heavy atom. The molecule has 1 rings (SSSR count). The third-order valence-corrected chi connectivity index (χ3v) is 3.36. The monoisotopic (exact) mass is 293 g/mol. The van der Waals surface area contributed by atoms with Gasteiger partial charge in [0.15, 0.2) is 0 Å². The van der Waals surface area contributed by atoms with Crippen LogP contribution in [0.5, 0.6) is 5.75 Å². The molecule has 0 unspecified atom stereocenters. The smallest absolute Gasteiger partial charge is 0.119 e. The molecule has 0 aromatic heterocycles. The molecule has 4 nitrogen and oxygen atoms in total. The van der Waals surface area contributed by atoms with E-state index in [-0.39, 0.29) is 12.6 Å². The Morgan fingerprint density at radius 1 is 1.24 bits per heavy atom. The van der Waals surface area contributed by atoms with Crippen molar-refractivity contribution in [3.8, 4) is 5.75 Å². The van der Waals surface area contributed by atoms with Gasteiger partial charge in [-0.15, -0.1) is 0 Å². The van der Waals surface area contributed by atoms with Crippen LogP contribution < -0.4 is 10.1 Å². The number of rotatable bonds is 10. The van der Waals surface area contributed by atoms with Crippen LogP contribution in [-0.2, 0) is 0 Å². The molecule has 0 aliphatic rings. The first-order valence-electron chi connectivity index (χ1n) is 7.58. The lowest BCUT2D eigenvalue weighted by atomic mass is 10.1. The molecule has 0 fully saturated rings. The summed E-state index contributed by atoms with van der Waals surface area (Å²) in [5.41, 5.74) is 0.989. The topological polar surface area (TPSA) is 61.7 Å². The van der Waals surface area contributed by atoms with Gasteiger partial charge in [-0.25, -0.2) is 0 Å². The number of ether oxygens (including phenoxy) is 1. The second-order valence-corrected chi connectivity index (χ2v) is 5.05. The van der Waals surface area contributed by atoms with Crippen LogP contribution in [0.15, 0.2) is 30.3 Å². The summed E-state index contributed by atoms with van der Waals surface area (Å²) in [6.45, 7) is 2.82. The van der Waals surface area contributed by atoms with Crippen molar-refractivity contribution in [1.82, 2.24) is 5.32 Å². The summed E-state index contributed by atoms with van der Waals surface area (Å²) in [4.78, 5) is 0. The Balaban J connectivity index is 2.46. The molecule has 118 valence electrons. The highest BCUT2D eigenvalue weighted by atomic mass is 16.5. The van der Waals surface area contributed by atoms with Crippen LogP contribution in [0.3, 0.4) is 0 Å². The Morgan fingerprint density at radius 3 is 2.52 bits per heavy atom. The van der Waals surface area contributed by atoms with Crippen molar-refractivity contribution in [2.24, 2.45) is 0 Å². The molecular formula is C17H27NO3. The van der Waals surface area contributed by atoms with Gasteiger partial charge in [-0.05, 0) is 31.2 Å². The first-order valence-corrected chi connectivity index (χ1v) is 7.58. The molecule has 0 bridgehead atoms. The number of hydrogen-bond donors (Lipinski definition) is 3. The highest BCUT2D eigenvalue weighted by Gasteiger charge is 2.12. The van der Waals surface area contributed by atoms with Crippen LogP contribution in [0.1, 0.15) is 31.7 Å². The lowest BCUT2D eigenvalue weighted by Crippen LogP contribution is -2.39. The lowest BCUT2D eigenvalue weighted by Gasteiger charge is -2.16. The summed E-state index contributed by atoms with van der Waals surface area (Å²) in [6.07, 6.45) is 6.26. The first kappa shape index (κ1) is 17.7. The summed E-state index contributed by atoms with van der Waals surface area (Å²) in [6, 6.07) is 7.42. The van der Waals surface area contributed by atoms with Crippen molar-refractivity contribution >= 4 is 6.08 Å². The van der Waals surface area contributed by atoms with E-state index in [0.29, 0.717) is 0 Å². The van der Waals surface area contributed by atoms with Crippen molar-refractivity contribution in [1.29, 1.82) is 0 Å². The van der Waals surface area contributed by atoms with E-state index in [2.05, 4.69) is 12.2 Å². The zero-order valence-electron chi connectivity index (χ0n) is 13.0. The standard InChI is InChI=1S/C17H27NO3/c1-3-4-5-12-21-15-9-6-14(7-10-15)8-11-17(20)16(13-19)18-2/h6-11,16-20H,3-5,12-13H2,1-2H3/b11-8+/t16-,17+/m1/s1. The average Bonchev–Trinajstić information content (AvgIpc) is 2.52. The molecular weight excluding hydrogens is 266 g/mol. The zero-order chi connectivity index (χ0) is 15.5. The second kappa shape index (κ2) is 10.4. The largest absolute Gasteiger partial charge is 0.494 e. The fourth-order valence-electron chi connectivity index (χ4n) is 1.93.